The first kappa shape index (κ1) is 11.5. The zero-order valence-corrected chi connectivity index (χ0v) is 9.48. The van der Waals surface area contributed by atoms with E-state index in [1.54, 1.807) is 30.3 Å². The van der Waals surface area contributed by atoms with Gasteiger partial charge in [0, 0.05) is 5.02 Å². The van der Waals surface area contributed by atoms with Crippen LogP contribution >= 0.6 is 11.6 Å². The van der Waals surface area contributed by atoms with Crippen molar-refractivity contribution < 1.29 is 15.0 Å². The lowest BCUT2D eigenvalue weighted by molar-refractivity contribution is 0.0694. The first-order valence-electron chi connectivity index (χ1n) is 4.90. The van der Waals surface area contributed by atoms with Crippen LogP contribution in [0, 0.1) is 0 Å². The number of carbonyl (C=O) groups is 1. The average Bonchev–Trinajstić information content (AvgIpc) is 2.30. The van der Waals surface area contributed by atoms with Gasteiger partial charge in [-0.1, -0.05) is 29.8 Å². The Kier molecular flexibility index (Phi) is 3.02. The number of aromatic hydroxyl groups is 1. The van der Waals surface area contributed by atoms with E-state index in [1.165, 1.54) is 12.1 Å². The van der Waals surface area contributed by atoms with Gasteiger partial charge in [-0.2, -0.15) is 0 Å². The predicted molar refractivity (Wildman–Crippen MR) is 65.5 cm³/mol. The van der Waals surface area contributed by atoms with E-state index in [1.807, 2.05) is 0 Å². The lowest BCUT2D eigenvalue weighted by Gasteiger charge is -2.05. The molecule has 0 atom stereocenters. The first-order chi connectivity index (χ1) is 8.08. The van der Waals surface area contributed by atoms with E-state index in [2.05, 4.69) is 0 Å². The Morgan fingerprint density at radius 2 is 1.59 bits per heavy atom. The number of aromatic carboxylic acids is 1. The highest BCUT2D eigenvalue weighted by molar-refractivity contribution is 6.30. The lowest BCUT2D eigenvalue weighted by Crippen LogP contribution is -1.96. The van der Waals surface area contributed by atoms with E-state index in [-0.39, 0.29) is 11.3 Å². The van der Waals surface area contributed by atoms with Crippen molar-refractivity contribution in [3.05, 3.63) is 53.1 Å². The van der Waals surface area contributed by atoms with Crippen LogP contribution in [0.25, 0.3) is 11.1 Å². The molecule has 0 aliphatic carbocycles. The number of hydrogen-bond donors (Lipinski definition) is 2. The van der Waals surface area contributed by atoms with E-state index < -0.39 is 5.97 Å². The quantitative estimate of drug-likeness (QED) is 0.856. The van der Waals surface area contributed by atoms with E-state index in [4.69, 9.17) is 16.7 Å². The highest BCUT2D eigenvalue weighted by Crippen LogP contribution is 2.26. The summed E-state index contributed by atoms with van der Waals surface area (Å²) in [5.74, 6) is -1.39. The summed E-state index contributed by atoms with van der Waals surface area (Å²) >= 11 is 5.77. The van der Waals surface area contributed by atoms with Crippen molar-refractivity contribution in [3.63, 3.8) is 0 Å². The molecule has 4 heteroatoms. The summed E-state index contributed by atoms with van der Waals surface area (Å²) in [5.41, 5.74) is 1.45. The molecule has 0 aromatic heterocycles. The molecule has 0 heterocycles. The van der Waals surface area contributed by atoms with Crippen molar-refractivity contribution in [3.8, 4) is 16.9 Å². The second kappa shape index (κ2) is 4.47. The number of carboxylic acids is 1. The minimum atomic E-state index is -1.15. The summed E-state index contributed by atoms with van der Waals surface area (Å²) in [6.45, 7) is 0. The molecule has 0 aliphatic heterocycles. The third-order valence-corrected chi connectivity index (χ3v) is 2.66. The fraction of sp³-hybridized carbons (Fsp3) is 0. The third-order valence-electron chi connectivity index (χ3n) is 2.40. The SMILES string of the molecule is O=C(O)c1cc(-c2ccc(Cl)cc2)ccc1O. The van der Waals surface area contributed by atoms with E-state index >= 15 is 0 Å². The van der Waals surface area contributed by atoms with Crippen molar-refractivity contribution in [2.75, 3.05) is 0 Å². The van der Waals surface area contributed by atoms with Gasteiger partial charge in [-0.3, -0.25) is 0 Å². The van der Waals surface area contributed by atoms with Gasteiger partial charge >= 0.3 is 5.97 Å². The molecule has 86 valence electrons. The van der Waals surface area contributed by atoms with Crippen LogP contribution in [0.15, 0.2) is 42.5 Å². The predicted octanol–water partition coefficient (Wildman–Crippen LogP) is 3.41. The van der Waals surface area contributed by atoms with E-state index in [0.29, 0.717) is 5.02 Å². The molecule has 0 aliphatic rings. The number of rotatable bonds is 2. The van der Waals surface area contributed by atoms with Crippen molar-refractivity contribution in [2.24, 2.45) is 0 Å². The maximum Gasteiger partial charge on any atom is 0.339 e. The minimum absolute atomic E-state index is 0.113. The maximum absolute atomic E-state index is 10.9. The highest BCUT2D eigenvalue weighted by atomic mass is 35.5. The molecule has 0 radical (unpaired) electrons. The van der Waals surface area contributed by atoms with Crippen LogP contribution < -0.4 is 0 Å². The van der Waals surface area contributed by atoms with Crippen molar-refractivity contribution in [2.45, 2.75) is 0 Å². The number of benzene rings is 2. The molecule has 0 bridgehead atoms. The van der Waals surface area contributed by atoms with Gasteiger partial charge in [-0.05, 0) is 35.4 Å². The normalized spacial score (nSPS) is 10.2. The second-order valence-electron chi connectivity index (χ2n) is 3.54. The van der Waals surface area contributed by atoms with Gasteiger partial charge in [0.2, 0.25) is 0 Å². The summed E-state index contributed by atoms with van der Waals surface area (Å²) in [7, 11) is 0. The van der Waals surface area contributed by atoms with Gasteiger partial charge in [0.25, 0.3) is 0 Å². The summed E-state index contributed by atoms with van der Waals surface area (Å²) in [4.78, 5) is 10.9. The van der Waals surface area contributed by atoms with Gasteiger partial charge in [-0.25, -0.2) is 4.79 Å². The topological polar surface area (TPSA) is 57.5 Å². The van der Waals surface area contributed by atoms with E-state index in [9.17, 15) is 9.90 Å². The molecule has 0 spiro atoms. The molecule has 17 heavy (non-hydrogen) atoms. The van der Waals surface area contributed by atoms with E-state index in [0.717, 1.165) is 11.1 Å². The number of carboxylic acid groups (broad SMARTS) is 1. The second-order valence-corrected chi connectivity index (χ2v) is 3.98. The van der Waals surface area contributed by atoms with Gasteiger partial charge in [0.15, 0.2) is 0 Å². The van der Waals surface area contributed by atoms with Crippen molar-refractivity contribution in [1.82, 2.24) is 0 Å². The van der Waals surface area contributed by atoms with Gasteiger partial charge in [-0.15, -0.1) is 0 Å². The number of hydrogen-bond acceptors (Lipinski definition) is 2. The maximum atomic E-state index is 10.9. The lowest BCUT2D eigenvalue weighted by atomic mass is 10.0. The third kappa shape index (κ3) is 2.40. The molecule has 0 saturated carbocycles. The molecule has 0 saturated heterocycles. The van der Waals surface area contributed by atoms with Crippen LogP contribution in [0.4, 0.5) is 0 Å². The summed E-state index contributed by atoms with van der Waals surface area (Å²) in [6.07, 6.45) is 0. The Hall–Kier alpha value is -2.00. The molecule has 2 aromatic carbocycles. The first-order valence-corrected chi connectivity index (χ1v) is 5.28. The Morgan fingerprint density at radius 1 is 1.00 bits per heavy atom. The molecule has 3 nitrogen and oxygen atoms in total. The molecule has 2 aromatic rings. The Balaban J connectivity index is 2.50. The molecule has 0 amide bonds. The van der Waals surface area contributed by atoms with Crippen molar-refractivity contribution in [1.29, 1.82) is 0 Å². The monoisotopic (exact) mass is 248 g/mol. The zero-order chi connectivity index (χ0) is 12.4. The summed E-state index contributed by atoms with van der Waals surface area (Å²) in [5, 5.41) is 18.9. The number of halogens is 1. The van der Waals surface area contributed by atoms with Crippen LogP contribution in [0.3, 0.4) is 0 Å². The highest BCUT2D eigenvalue weighted by Gasteiger charge is 2.10. The summed E-state index contributed by atoms with van der Waals surface area (Å²) < 4.78 is 0. The average molecular weight is 249 g/mol. The fourth-order valence-electron chi connectivity index (χ4n) is 1.53. The Bertz CT molecular complexity index is 561. The molecular weight excluding hydrogens is 240 g/mol. The van der Waals surface area contributed by atoms with Gasteiger partial charge in [0.1, 0.15) is 11.3 Å². The fourth-order valence-corrected chi connectivity index (χ4v) is 1.66. The molecule has 2 rings (SSSR count). The van der Waals surface area contributed by atoms with Crippen LogP contribution in [0.2, 0.25) is 5.02 Å². The minimum Gasteiger partial charge on any atom is -0.507 e. The largest absolute Gasteiger partial charge is 0.507 e. The van der Waals surface area contributed by atoms with Crippen molar-refractivity contribution >= 4 is 17.6 Å². The van der Waals surface area contributed by atoms with Crippen LogP contribution in [-0.4, -0.2) is 16.2 Å². The summed E-state index contributed by atoms with van der Waals surface area (Å²) in [6, 6.07) is 11.5. The standard InChI is InChI=1S/C13H9ClO3/c14-10-4-1-8(2-5-10)9-3-6-12(15)11(7-9)13(16)17/h1-7,15H,(H,16,17). The van der Waals surface area contributed by atoms with Crippen LogP contribution in [-0.2, 0) is 0 Å². The van der Waals surface area contributed by atoms with Gasteiger partial charge in [0.05, 0.1) is 0 Å². The van der Waals surface area contributed by atoms with Gasteiger partial charge < -0.3 is 10.2 Å². The number of phenols is 1. The molecule has 0 fully saturated rings. The molecule has 0 unspecified atom stereocenters. The molecular formula is C13H9ClO3. The Labute approximate surface area is 103 Å². The zero-order valence-electron chi connectivity index (χ0n) is 8.72. The van der Waals surface area contributed by atoms with Crippen LogP contribution in [0.1, 0.15) is 10.4 Å². The van der Waals surface area contributed by atoms with Crippen LogP contribution in [0.5, 0.6) is 5.75 Å². The molecule has 2 N–H and O–H groups in total. The smallest absolute Gasteiger partial charge is 0.339 e. The Morgan fingerprint density at radius 3 is 2.18 bits per heavy atom.